The quantitative estimate of drug-likeness (QED) is 0.916. The van der Waals surface area contributed by atoms with Gasteiger partial charge in [0.1, 0.15) is 11.6 Å². The van der Waals surface area contributed by atoms with Crippen LogP contribution in [0.2, 0.25) is 0 Å². The summed E-state index contributed by atoms with van der Waals surface area (Å²) in [6, 6.07) is 10.2. The topological polar surface area (TPSA) is 62.2 Å². The van der Waals surface area contributed by atoms with Gasteiger partial charge in [0.15, 0.2) is 0 Å². The number of aromatic hydroxyl groups is 1. The van der Waals surface area contributed by atoms with Gasteiger partial charge in [0.2, 0.25) is 5.91 Å². The van der Waals surface area contributed by atoms with Crippen LogP contribution < -0.4 is 5.32 Å². The average molecular weight is 307 g/mol. The van der Waals surface area contributed by atoms with Crippen molar-refractivity contribution in [3.05, 3.63) is 52.6 Å². The minimum absolute atomic E-state index is 0.152. The molecule has 1 heterocycles. The number of carbonyl (C=O) groups is 1. The molecule has 0 saturated carbocycles. The molecule has 0 aliphatic rings. The van der Waals surface area contributed by atoms with Crippen LogP contribution in [0.25, 0.3) is 0 Å². The van der Waals surface area contributed by atoms with E-state index in [1.165, 1.54) is 0 Å². The van der Waals surface area contributed by atoms with Crippen molar-refractivity contribution in [3.8, 4) is 5.75 Å². The van der Waals surface area contributed by atoms with Crippen LogP contribution in [0.4, 0.5) is 5.82 Å². The summed E-state index contributed by atoms with van der Waals surface area (Å²) in [5.41, 5.74) is 0.750. The molecule has 0 fully saturated rings. The first-order valence-electron chi connectivity index (χ1n) is 5.33. The van der Waals surface area contributed by atoms with E-state index in [-0.39, 0.29) is 18.1 Å². The first-order valence-corrected chi connectivity index (χ1v) is 6.13. The van der Waals surface area contributed by atoms with E-state index in [1.807, 2.05) is 0 Å². The molecule has 0 saturated heterocycles. The molecule has 2 aromatic rings. The van der Waals surface area contributed by atoms with Gasteiger partial charge in [0.25, 0.3) is 0 Å². The summed E-state index contributed by atoms with van der Waals surface area (Å²) in [4.78, 5) is 15.8. The Morgan fingerprint density at radius 1 is 1.33 bits per heavy atom. The van der Waals surface area contributed by atoms with Crippen molar-refractivity contribution >= 4 is 27.7 Å². The lowest BCUT2D eigenvalue weighted by atomic mass is 10.1. The van der Waals surface area contributed by atoms with Gasteiger partial charge in [-0.2, -0.15) is 0 Å². The molecule has 0 spiro atoms. The Bertz CT molecular complexity index is 572. The summed E-state index contributed by atoms with van der Waals surface area (Å²) in [7, 11) is 0. The van der Waals surface area contributed by atoms with Gasteiger partial charge in [-0.25, -0.2) is 4.98 Å². The molecule has 1 amide bonds. The monoisotopic (exact) mass is 306 g/mol. The van der Waals surface area contributed by atoms with E-state index in [0.717, 1.165) is 10.0 Å². The van der Waals surface area contributed by atoms with Crippen molar-refractivity contribution in [2.24, 2.45) is 0 Å². The van der Waals surface area contributed by atoms with Crippen LogP contribution >= 0.6 is 15.9 Å². The van der Waals surface area contributed by atoms with Crippen molar-refractivity contribution in [2.75, 3.05) is 5.32 Å². The molecule has 0 unspecified atom stereocenters. The predicted molar refractivity (Wildman–Crippen MR) is 72.4 cm³/mol. The van der Waals surface area contributed by atoms with Gasteiger partial charge >= 0.3 is 0 Å². The van der Waals surface area contributed by atoms with Crippen LogP contribution in [0.1, 0.15) is 5.56 Å². The van der Waals surface area contributed by atoms with Crippen LogP contribution in [-0.2, 0) is 11.2 Å². The summed E-state index contributed by atoms with van der Waals surface area (Å²) in [5, 5.41) is 12.0. The number of rotatable bonds is 3. The van der Waals surface area contributed by atoms with E-state index < -0.39 is 0 Å². The average Bonchev–Trinajstić information content (AvgIpc) is 2.32. The molecule has 0 radical (unpaired) electrons. The predicted octanol–water partition coefficient (Wildman–Crippen LogP) is 2.73. The van der Waals surface area contributed by atoms with Crippen LogP contribution in [0.5, 0.6) is 5.75 Å². The summed E-state index contributed by atoms with van der Waals surface area (Å²) in [6.07, 6.45) is 1.80. The van der Waals surface area contributed by atoms with Crippen molar-refractivity contribution in [1.82, 2.24) is 4.98 Å². The van der Waals surface area contributed by atoms with E-state index in [2.05, 4.69) is 26.2 Å². The van der Waals surface area contributed by atoms with Crippen molar-refractivity contribution in [1.29, 1.82) is 0 Å². The van der Waals surface area contributed by atoms with Crippen molar-refractivity contribution < 1.29 is 9.90 Å². The molecular formula is C13H11BrN2O2. The maximum absolute atomic E-state index is 11.8. The Kier molecular flexibility index (Phi) is 3.94. The standard InChI is InChI=1S/C13H11BrN2O2/c14-11-5-2-6-15-13(11)16-12(18)8-9-3-1-4-10(17)7-9/h1-7,17H,8H2,(H,15,16,18). The van der Waals surface area contributed by atoms with E-state index in [4.69, 9.17) is 0 Å². The first kappa shape index (κ1) is 12.6. The third-order valence-corrected chi connectivity index (χ3v) is 2.93. The van der Waals surface area contributed by atoms with E-state index >= 15 is 0 Å². The molecule has 5 heteroatoms. The minimum Gasteiger partial charge on any atom is -0.508 e. The number of anilines is 1. The van der Waals surface area contributed by atoms with Crippen molar-refractivity contribution in [3.63, 3.8) is 0 Å². The summed E-state index contributed by atoms with van der Waals surface area (Å²) in [6.45, 7) is 0. The highest BCUT2D eigenvalue weighted by Gasteiger charge is 2.07. The number of nitrogens with zero attached hydrogens (tertiary/aromatic N) is 1. The molecule has 0 bridgehead atoms. The van der Waals surface area contributed by atoms with E-state index in [1.54, 1.807) is 42.6 Å². The number of hydrogen-bond acceptors (Lipinski definition) is 3. The number of halogens is 1. The third kappa shape index (κ3) is 3.30. The summed E-state index contributed by atoms with van der Waals surface area (Å²) in [5.74, 6) is 0.460. The van der Waals surface area contributed by atoms with Crippen LogP contribution in [-0.4, -0.2) is 16.0 Å². The lowest BCUT2D eigenvalue weighted by Crippen LogP contribution is -2.15. The zero-order chi connectivity index (χ0) is 13.0. The molecule has 0 aliphatic carbocycles. The summed E-state index contributed by atoms with van der Waals surface area (Å²) < 4.78 is 0.731. The maximum Gasteiger partial charge on any atom is 0.229 e. The zero-order valence-electron chi connectivity index (χ0n) is 9.43. The molecule has 18 heavy (non-hydrogen) atoms. The second kappa shape index (κ2) is 5.64. The van der Waals surface area contributed by atoms with Gasteiger partial charge in [-0.1, -0.05) is 12.1 Å². The number of hydrogen-bond donors (Lipinski definition) is 2. The molecule has 0 atom stereocenters. The molecule has 0 aliphatic heterocycles. The van der Waals surface area contributed by atoms with Gasteiger partial charge in [-0.3, -0.25) is 4.79 Å². The molecule has 2 N–H and O–H groups in total. The second-order valence-corrected chi connectivity index (χ2v) is 4.58. The smallest absolute Gasteiger partial charge is 0.229 e. The second-order valence-electron chi connectivity index (χ2n) is 3.73. The van der Waals surface area contributed by atoms with Crippen molar-refractivity contribution in [2.45, 2.75) is 6.42 Å². The number of carbonyl (C=O) groups excluding carboxylic acids is 1. The first-order chi connectivity index (χ1) is 8.65. The Hall–Kier alpha value is -1.88. The Labute approximate surface area is 113 Å². The third-order valence-electron chi connectivity index (χ3n) is 2.29. The minimum atomic E-state index is -0.181. The fourth-order valence-corrected chi connectivity index (χ4v) is 1.86. The number of amides is 1. The molecule has 1 aromatic heterocycles. The number of nitrogens with one attached hydrogen (secondary N) is 1. The van der Waals surface area contributed by atoms with Gasteiger partial charge in [0.05, 0.1) is 10.9 Å². The SMILES string of the molecule is O=C(Cc1cccc(O)c1)Nc1ncccc1Br. The largest absolute Gasteiger partial charge is 0.508 e. The van der Waals surface area contributed by atoms with E-state index in [0.29, 0.717) is 5.82 Å². The fraction of sp³-hybridized carbons (Fsp3) is 0.0769. The van der Waals surface area contributed by atoms with Crippen LogP contribution in [0, 0.1) is 0 Å². The van der Waals surface area contributed by atoms with Gasteiger partial charge in [0, 0.05) is 6.20 Å². The number of benzene rings is 1. The lowest BCUT2D eigenvalue weighted by Gasteiger charge is -2.06. The Balaban J connectivity index is 2.03. The fourth-order valence-electron chi connectivity index (χ4n) is 1.51. The Morgan fingerprint density at radius 3 is 2.89 bits per heavy atom. The summed E-state index contributed by atoms with van der Waals surface area (Å²) >= 11 is 3.30. The molecule has 1 aromatic carbocycles. The number of pyridine rings is 1. The lowest BCUT2D eigenvalue weighted by molar-refractivity contribution is -0.115. The van der Waals surface area contributed by atoms with Gasteiger partial charge in [-0.05, 0) is 45.8 Å². The highest BCUT2D eigenvalue weighted by Crippen LogP contribution is 2.18. The number of phenols is 1. The molecular weight excluding hydrogens is 296 g/mol. The highest BCUT2D eigenvalue weighted by atomic mass is 79.9. The normalized spacial score (nSPS) is 10.1. The molecule has 4 nitrogen and oxygen atoms in total. The van der Waals surface area contributed by atoms with Gasteiger partial charge in [-0.15, -0.1) is 0 Å². The molecule has 92 valence electrons. The zero-order valence-corrected chi connectivity index (χ0v) is 11.0. The number of aromatic nitrogens is 1. The van der Waals surface area contributed by atoms with Crippen LogP contribution in [0.15, 0.2) is 47.1 Å². The Morgan fingerprint density at radius 2 is 2.17 bits per heavy atom. The number of phenolic OH excluding ortho intramolecular Hbond substituents is 1. The van der Waals surface area contributed by atoms with E-state index in [9.17, 15) is 9.90 Å². The highest BCUT2D eigenvalue weighted by molar-refractivity contribution is 9.10. The van der Waals surface area contributed by atoms with Crippen LogP contribution in [0.3, 0.4) is 0 Å². The maximum atomic E-state index is 11.8. The molecule has 2 rings (SSSR count). The van der Waals surface area contributed by atoms with Gasteiger partial charge < -0.3 is 10.4 Å².